The molecule has 2 heterocycles. The van der Waals surface area contributed by atoms with Gasteiger partial charge in [0, 0.05) is 10.4 Å². The highest BCUT2D eigenvalue weighted by Crippen LogP contribution is 2.23. The maximum Gasteiger partial charge on any atom is 0.261 e. The second-order valence-corrected chi connectivity index (χ2v) is 5.75. The smallest absolute Gasteiger partial charge is 0.261 e. The van der Waals surface area contributed by atoms with E-state index in [0.717, 1.165) is 0 Å². The minimum absolute atomic E-state index is 0.0760. The van der Waals surface area contributed by atoms with Crippen molar-refractivity contribution in [1.29, 1.82) is 10.7 Å². The molecule has 0 fully saturated rings. The molecule has 0 unspecified atom stereocenters. The zero-order valence-corrected chi connectivity index (χ0v) is 12.6. The molecule has 0 aliphatic rings. The number of nitrogens with zero attached hydrogens (tertiary/aromatic N) is 1. The quantitative estimate of drug-likeness (QED) is 0.750. The van der Waals surface area contributed by atoms with Gasteiger partial charge in [-0.25, -0.2) is 0 Å². The number of benzene rings is 1. The Labute approximate surface area is 133 Å². The molecule has 108 valence electrons. The minimum Gasteiger partial charge on any atom is -0.438 e. The number of hydrogen-bond acceptors (Lipinski definition) is 5. The Balaban J connectivity index is 2.02. The number of nitriles is 1. The fourth-order valence-electron chi connectivity index (χ4n) is 1.94. The molecule has 7 heteroatoms. The van der Waals surface area contributed by atoms with Gasteiger partial charge in [0.05, 0.1) is 5.56 Å². The minimum atomic E-state index is -0.505. The SMILES string of the molecule is N#Cc1ccsc1NC(=O)c1cc2cc(Cl)ccc2oc1=N. The Morgan fingerprint density at radius 3 is 2.95 bits per heavy atom. The summed E-state index contributed by atoms with van der Waals surface area (Å²) in [6.45, 7) is 0. The summed E-state index contributed by atoms with van der Waals surface area (Å²) >= 11 is 7.16. The number of carbonyl (C=O) groups is 1. The van der Waals surface area contributed by atoms with Crippen LogP contribution in [0.4, 0.5) is 5.00 Å². The first-order valence-electron chi connectivity index (χ1n) is 6.15. The van der Waals surface area contributed by atoms with Gasteiger partial charge in [0.25, 0.3) is 5.91 Å². The van der Waals surface area contributed by atoms with Crippen molar-refractivity contribution < 1.29 is 9.21 Å². The normalized spacial score (nSPS) is 10.4. The third-order valence-corrected chi connectivity index (χ3v) is 4.05. The highest BCUT2D eigenvalue weighted by molar-refractivity contribution is 7.14. The van der Waals surface area contributed by atoms with E-state index in [9.17, 15) is 4.79 Å². The average molecular weight is 330 g/mol. The molecule has 0 aliphatic heterocycles. The van der Waals surface area contributed by atoms with Crippen LogP contribution in [0.3, 0.4) is 0 Å². The first-order chi connectivity index (χ1) is 10.6. The molecule has 5 nitrogen and oxygen atoms in total. The van der Waals surface area contributed by atoms with E-state index in [1.54, 1.807) is 35.7 Å². The van der Waals surface area contributed by atoms with Crippen molar-refractivity contribution in [1.82, 2.24) is 0 Å². The molecule has 0 spiro atoms. The van der Waals surface area contributed by atoms with Crippen LogP contribution in [0.2, 0.25) is 5.02 Å². The number of carbonyl (C=O) groups excluding carboxylic acids is 1. The van der Waals surface area contributed by atoms with Crippen molar-refractivity contribution in [2.75, 3.05) is 5.32 Å². The molecular formula is C15H8ClN3O2S. The van der Waals surface area contributed by atoms with Gasteiger partial charge in [-0.1, -0.05) is 11.6 Å². The summed E-state index contributed by atoms with van der Waals surface area (Å²) in [5, 5.41) is 22.7. The Hall–Kier alpha value is -2.62. The molecule has 1 amide bonds. The molecule has 3 rings (SSSR count). The number of anilines is 1. The number of fused-ring (bicyclic) bond motifs is 1. The summed E-state index contributed by atoms with van der Waals surface area (Å²) in [7, 11) is 0. The van der Waals surface area contributed by atoms with Crippen molar-refractivity contribution in [3.05, 3.63) is 57.4 Å². The van der Waals surface area contributed by atoms with E-state index in [-0.39, 0.29) is 11.1 Å². The highest BCUT2D eigenvalue weighted by atomic mass is 35.5. The molecule has 0 atom stereocenters. The number of halogens is 1. The van der Waals surface area contributed by atoms with E-state index >= 15 is 0 Å². The van der Waals surface area contributed by atoms with E-state index in [0.29, 0.717) is 26.6 Å². The number of rotatable bonds is 2. The van der Waals surface area contributed by atoms with Crippen LogP contribution in [-0.2, 0) is 0 Å². The van der Waals surface area contributed by atoms with Gasteiger partial charge in [0.15, 0.2) is 0 Å². The maximum atomic E-state index is 12.3. The van der Waals surface area contributed by atoms with Crippen molar-refractivity contribution in [3.63, 3.8) is 0 Å². The van der Waals surface area contributed by atoms with Crippen LogP contribution in [0.5, 0.6) is 0 Å². The largest absolute Gasteiger partial charge is 0.438 e. The molecule has 3 aromatic rings. The monoisotopic (exact) mass is 329 g/mol. The van der Waals surface area contributed by atoms with Crippen molar-refractivity contribution >= 4 is 44.8 Å². The van der Waals surface area contributed by atoms with Crippen LogP contribution in [0.25, 0.3) is 11.0 Å². The number of hydrogen-bond donors (Lipinski definition) is 2. The highest BCUT2D eigenvalue weighted by Gasteiger charge is 2.14. The van der Waals surface area contributed by atoms with Gasteiger partial charge in [-0.2, -0.15) is 5.26 Å². The fraction of sp³-hybridized carbons (Fsp3) is 0. The second-order valence-electron chi connectivity index (χ2n) is 4.40. The third-order valence-electron chi connectivity index (χ3n) is 2.99. The molecule has 2 aromatic heterocycles. The van der Waals surface area contributed by atoms with E-state index in [2.05, 4.69) is 5.32 Å². The third kappa shape index (κ3) is 2.60. The van der Waals surface area contributed by atoms with Gasteiger partial charge in [-0.3, -0.25) is 10.2 Å². The molecule has 1 aromatic carbocycles. The van der Waals surface area contributed by atoms with Gasteiger partial charge in [-0.15, -0.1) is 11.3 Å². The molecule has 0 bridgehead atoms. The standard InChI is InChI=1S/C15H8ClN3O2S/c16-10-1-2-12-9(5-10)6-11(13(18)21-12)14(20)19-15-8(7-17)3-4-22-15/h1-6,18H,(H,19,20). The number of amides is 1. The summed E-state index contributed by atoms with van der Waals surface area (Å²) in [5.74, 6) is -0.505. The summed E-state index contributed by atoms with van der Waals surface area (Å²) in [4.78, 5) is 12.3. The molecule has 0 saturated carbocycles. The van der Waals surface area contributed by atoms with Crippen LogP contribution in [0.15, 0.2) is 40.1 Å². The van der Waals surface area contributed by atoms with Gasteiger partial charge in [0.1, 0.15) is 22.2 Å². The Morgan fingerprint density at radius 1 is 1.36 bits per heavy atom. The lowest BCUT2D eigenvalue weighted by molar-refractivity contribution is 0.102. The summed E-state index contributed by atoms with van der Waals surface area (Å²) in [5.41, 5.74) is 0.680. The van der Waals surface area contributed by atoms with Gasteiger partial charge < -0.3 is 9.73 Å². The van der Waals surface area contributed by atoms with Crippen LogP contribution >= 0.6 is 22.9 Å². The average Bonchev–Trinajstić information content (AvgIpc) is 2.94. The van der Waals surface area contributed by atoms with E-state index in [1.807, 2.05) is 6.07 Å². The predicted molar refractivity (Wildman–Crippen MR) is 84.1 cm³/mol. The lowest BCUT2D eigenvalue weighted by Crippen LogP contribution is -2.20. The molecule has 0 radical (unpaired) electrons. The Bertz CT molecular complexity index is 984. The van der Waals surface area contributed by atoms with Crippen molar-refractivity contribution in [2.24, 2.45) is 0 Å². The summed E-state index contributed by atoms with van der Waals surface area (Å²) in [6, 6.07) is 10.1. The molecule has 22 heavy (non-hydrogen) atoms. The van der Waals surface area contributed by atoms with E-state index in [4.69, 9.17) is 26.7 Å². The first kappa shape index (κ1) is 14.3. The maximum absolute atomic E-state index is 12.3. The zero-order chi connectivity index (χ0) is 15.7. The lowest BCUT2D eigenvalue weighted by atomic mass is 10.1. The molecule has 2 N–H and O–H groups in total. The Kier molecular flexibility index (Phi) is 3.67. The molecular weight excluding hydrogens is 322 g/mol. The topological polar surface area (TPSA) is 89.9 Å². The predicted octanol–water partition coefficient (Wildman–Crippen LogP) is 3.75. The Morgan fingerprint density at radius 2 is 2.18 bits per heavy atom. The molecule has 0 saturated heterocycles. The van der Waals surface area contributed by atoms with Crippen molar-refractivity contribution in [3.8, 4) is 6.07 Å². The van der Waals surface area contributed by atoms with Crippen LogP contribution in [-0.4, -0.2) is 5.91 Å². The summed E-state index contributed by atoms with van der Waals surface area (Å²) in [6.07, 6.45) is 0. The molecule has 0 aliphatic carbocycles. The van der Waals surface area contributed by atoms with Crippen LogP contribution in [0, 0.1) is 16.7 Å². The number of nitrogens with one attached hydrogen (secondary N) is 2. The van der Waals surface area contributed by atoms with E-state index < -0.39 is 5.91 Å². The lowest BCUT2D eigenvalue weighted by Gasteiger charge is -2.05. The van der Waals surface area contributed by atoms with Crippen LogP contribution in [0.1, 0.15) is 15.9 Å². The fourth-order valence-corrected chi connectivity index (χ4v) is 2.86. The van der Waals surface area contributed by atoms with Gasteiger partial charge >= 0.3 is 0 Å². The second kappa shape index (κ2) is 5.64. The summed E-state index contributed by atoms with van der Waals surface area (Å²) < 4.78 is 5.33. The number of thiophene rings is 1. The van der Waals surface area contributed by atoms with Gasteiger partial charge in [-0.05, 0) is 35.7 Å². The van der Waals surface area contributed by atoms with Crippen LogP contribution < -0.4 is 10.9 Å². The van der Waals surface area contributed by atoms with Crippen molar-refractivity contribution in [2.45, 2.75) is 0 Å². The zero-order valence-electron chi connectivity index (χ0n) is 11.0. The van der Waals surface area contributed by atoms with Gasteiger partial charge in [0.2, 0.25) is 5.55 Å². The first-order valence-corrected chi connectivity index (χ1v) is 7.41. The van der Waals surface area contributed by atoms with E-state index in [1.165, 1.54) is 11.3 Å².